The molecule has 1 atom stereocenters. The monoisotopic (exact) mass is 222 g/mol. The van der Waals surface area contributed by atoms with E-state index < -0.39 is 0 Å². The van der Waals surface area contributed by atoms with Crippen LogP contribution in [-0.2, 0) is 6.42 Å². The first-order valence-corrected chi connectivity index (χ1v) is 5.95. The second-order valence-corrected chi connectivity index (χ2v) is 3.99. The van der Waals surface area contributed by atoms with E-state index in [0.717, 1.165) is 25.8 Å². The molecule has 1 aromatic carbocycles. The summed E-state index contributed by atoms with van der Waals surface area (Å²) in [4.78, 5) is 0. The van der Waals surface area contributed by atoms with Gasteiger partial charge in [-0.15, -0.1) is 0 Å². The first-order valence-electron chi connectivity index (χ1n) is 5.95. The number of aliphatic hydroxyl groups is 1. The number of rotatable bonds is 8. The van der Waals surface area contributed by atoms with Gasteiger partial charge in [0.25, 0.3) is 0 Å². The van der Waals surface area contributed by atoms with E-state index in [1.54, 1.807) is 0 Å². The van der Waals surface area contributed by atoms with Crippen LogP contribution < -0.4 is 11.1 Å². The molecule has 0 amide bonds. The molecule has 0 heterocycles. The third-order valence-corrected chi connectivity index (χ3v) is 2.68. The molecule has 0 saturated carbocycles. The van der Waals surface area contributed by atoms with Gasteiger partial charge in [-0.2, -0.15) is 0 Å². The smallest absolute Gasteiger partial charge is 0.0443 e. The summed E-state index contributed by atoms with van der Waals surface area (Å²) in [7, 11) is 0. The minimum Gasteiger partial charge on any atom is -0.396 e. The van der Waals surface area contributed by atoms with Crippen molar-refractivity contribution in [1.29, 1.82) is 0 Å². The molecule has 0 aromatic heterocycles. The Morgan fingerprint density at radius 1 is 1.25 bits per heavy atom. The highest BCUT2D eigenvalue weighted by Gasteiger charge is 2.05. The minimum atomic E-state index is 0.239. The lowest BCUT2D eigenvalue weighted by atomic mass is 10.1. The van der Waals surface area contributed by atoms with E-state index in [0.29, 0.717) is 12.6 Å². The molecule has 0 saturated heterocycles. The van der Waals surface area contributed by atoms with Gasteiger partial charge in [0.1, 0.15) is 0 Å². The quantitative estimate of drug-likeness (QED) is 0.573. The van der Waals surface area contributed by atoms with E-state index in [-0.39, 0.29) is 6.61 Å². The highest BCUT2D eigenvalue weighted by molar-refractivity contribution is 5.14. The molecule has 0 spiro atoms. The summed E-state index contributed by atoms with van der Waals surface area (Å²) >= 11 is 0. The summed E-state index contributed by atoms with van der Waals surface area (Å²) in [6.07, 6.45) is 2.89. The zero-order valence-corrected chi connectivity index (χ0v) is 9.73. The highest BCUT2D eigenvalue weighted by atomic mass is 16.3. The molecule has 0 fully saturated rings. The van der Waals surface area contributed by atoms with Crippen molar-refractivity contribution in [3.63, 3.8) is 0 Å². The van der Waals surface area contributed by atoms with Crippen LogP contribution in [0, 0.1) is 0 Å². The number of aryl methyl sites for hydroxylation is 1. The van der Waals surface area contributed by atoms with E-state index in [1.165, 1.54) is 5.56 Å². The van der Waals surface area contributed by atoms with E-state index in [1.807, 2.05) is 6.07 Å². The minimum absolute atomic E-state index is 0.239. The maximum atomic E-state index is 8.69. The molecule has 0 aliphatic heterocycles. The lowest BCUT2D eigenvalue weighted by Crippen LogP contribution is -2.37. The Kier molecular flexibility index (Phi) is 6.81. The molecular weight excluding hydrogens is 200 g/mol. The Morgan fingerprint density at radius 2 is 2.00 bits per heavy atom. The molecular formula is C13H22N2O. The van der Waals surface area contributed by atoms with Crippen LogP contribution in [0.3, 0.4) is 0 Å². The maximum absolute atomic E-state index is 8.69. The summed E-state index contributed by atoms with van der Waals surface area (Å²) < 4.78 is 0. The van der Waals surface area contributed by atoms with Gasteiger partial charge in [-0.25, -0.2) is 0 Å². The van der Waals surface area contributed by atoms with E-state index in [9.17, 15) is 0 Å². The lowest BCUT2D eigenvalue weighted by molar-refractivity contribution is 0.282. The molecule has 90 valence electrons. The van der Waals surface area contributed by atoms with Gasteiger partial charge in [0, 0.05) is 19.2 Å². The van der Waals surface area contributed by atoms with Gasteiger partial charge in [-0.05, 0) is 31.4 Å². The van der Waals surface area contributed by atoms with Crippen LogP contribution >= 0.6 is 0 Å². The molecule has 3 nitrogen and oxygen atoms in total. The third kappa shape index (κ3) is 5.26. The summed E-state index contributed by atoms with van der Waals surface area (Å²) in [5.74, 6) is 0. The Labute approximate surface area is 97.7 Å². The molecule has 16 heavy (non-hydrogen) atoms. The number of hydrogen-bond acceptors (Lipinski definition) is 3. The molecule has 4 N–H and O–H groups in total. The van der Waals surface area contributed by atoms with E-state index in [4.69, 9.17) is 10.8 Å². The van der Waals surface area contributed by atoms with Crippen molar-refractivity contribution >= 4 is 0 Å². The predicted molar refractivity (Wildman–Crippen MR) is 67.3 cm³/mol. The standard InChI is InChI=1S/C13H22N2O/c14-11-13(15-9-4-10-16)8-7-12-5-2-1-3-6-12/h1-3,5-6,13,15-16H,4,7-11,14H2. The van der Waals surface area contributed by atoms with Gasteiger partial charge >= 0.3 is 0 Å². The molecule has 1 aromatic rings. The van der Waals surface area contributed by atoms with Crippen LogP contribution in [-0.4, -0.2) is 30.8 Å². The van der Waals surface area contributed by atoms with Gasteiger partial charge in [-0.3, -0.25) is 0 Å². The summed E-state index contributed by atoms with van der Waals surface area (Å²) in [6, 6.07) is 10.8. The summed E-state index contributed by atoms with van der Waals surface area (Å²) in [5, 5.41) is 12.0. The average Bonchev–Trinajstić information content (AvgIpc) is 2.35. The van der Waals surface area contributed by atoms with Crippen LogP contribution in [0.1, 0.15) is 18.4 Å². The summed E-state index contributed by atoms with van der Waals surface area (Å²) in [6.45, 7) is 1.73. The van der Waals surface area contributed by atoms with Crippen LogP contribution in [0.15, 0.2) is 30.3 Å². The topological polar surface area (TPSA) is 58.3 Å². The highest BCUT2D eigenvalue weighted by Crippen LogP contribution is 2.04. The zero-order valence-electron chi connectivity index (χ0n) is 9.73. The Morgan fingerprint density at radius 3 is 2.62 bits per heavy atom. The second kappa shape index (κ2) is 8.28. The normalized spacial score (nSPS) is 12.6. The fraction of sp³-hybridized carbons (Fsp3) is 0.538. The van der Waals surface area contributed by atoms with Crippen molar-refractivity contribution in [3.05, 3.63) is 35.9 Å². The second-order valence-electron chi connectivity index (χ2n) is 3.99. The molecule has 1 rings (SSSR count). The third-order valence-electron chi connectivity index (χ3n) is 2.68. The van der Waals surface area contributed by atoms with Gasteiger partial charge in [-0.1, -0.05) is 30.3 Å². The zero-order chi connectivity index (χ0) is 11.6. The van der Waals surface area contributed by atoms with E-state index in [2.05, 4.69) is 29.6 Å². The van der Waals surface area contributed by atoms with Gasteiger partial charge in [0.05, 0.1) is 0 Å². The van der Waals surface area contributed by atoms with Gasteiger partial charge in [0.2, 0.25) is 0 Å². The van der Waals surface area contributed by atoms with Crippen molar-refractivity contribution in [3.8, 4) is 0 Å². The predicted octanol–water partition coefficient (Wildman–Crippen LogP) is 0.918. The van der Waals surface area contributed by atoms with Crippen LogP contribution in [0.4, 0.5) is 0 Å². The summed E-state index contributed by atoms with van der Waals surface area (Å²) in [5.41, 5.74) is 7.05. The molecule has 3 heteroatoms. The first kappa shape index (κ1) is 13.2. The molecule has 0 aliphatic rings. The molecule has 1 unspecified atom stereocenters. The van der Waals surface area contributed by atoms with Crippen molar-refractivity contribution in [2.75, 3.05) is 19.7 Å². The van der Waals surface area contributed by atoms with Crippen LogP contribution in [0.25, 0.3) is 0 Å². The Bertz CT molecular complexity index is 264. The fourth-order valence-corrected chi connectivity index (χ4v) is 1.67. The van der Waals surface area contributed by atoms with Crippen molar-refractivity contribution < 1.29 is 5.11 Å². The largest absolute Gasteiger partial charge is 0.396 e. The van der Waals surface area contributed by atoms with Crippen molar-refractivity contribution in [1.82, 2.24) is 5.32 Å². The maximum Gasteiger partial charge on any atom is 0.0443 e. The van der Waals surface area contributed by atoms with Gasteiger partial charge < -0.3 is 16.2 Å². The van der Waals surface area contributed by atoms with Crippen LogP contribution in [0.2, 0.25) is 0 Å². The van der Waals surface area contributed by atoms with Crippen molar-refractivity contribution in [2.45, 2.75) is 25.3 Å². The number of nitrogens with one attached hydrogen (secondary N) is 1. The lowest BCUT2D eigenvalue weighted by Gasteiger charge is -2.16. The molecule has 0 aliphatic carbocycles. The number of aliphatic hydroxyl groups excluding tert-OH is 1. The van der Waals surface area contributed by atoms with Crippen LogP contribution in [0.5, 0.6) is 0 Å². The average molecular weight is 222 g/mol. The SMILES string of the molecule is NCC(CCc1ccccc1)NCCCO. The molecule has 0 bridgehead atoms. The van der Waals surface area contributed by atoms with Crippen molar-refractivity contribution in [2.24, 2.45) is 5.73 Å². The molecule has 0 radical (unpaired) electrons. The number of benzene rings is 1. The fourth-order valence-electron chi connectivity index (χ4n) is 1.67. The Balaban J connectivity index is 2.23. The van der Waals surface area contributed by atoms with E-state index >= 15 is 0 Å². The Hall–Kier alpha value is -0.900. The number of hydrogen-bond donors (Lipinski definition) is 3. The number of nitrogens with two attached hydrogens (primary N) is 1. The van der Waals surface area contributed by atoms with Gasteiger partial charge in [0.15, 0.2) is 0 Å². The first-order chi connectivity index (χ1) is 7.86.